The smallest absolute Gasteiger partial charge is 0.277 e. The Bertz CT molecular complexity index is 697. The van der Waals surface area contributed by atoms with Gasteiger partial charge in [-0.05, 0) is 30.5 Å². The van der Waals surface area contributed by atoms with Crippen molar-refractivity contribution in [3.63, 3.8) is 0 Å². The number of carbonyl (C=O) groups excluding carboxylic acids is 1. The van der Waals surface area contributed by atoms with Crippen LogP contribution in [0.1, 0.15) is 5.56 Å². The van der Waals surface area contributed by atoms with Crippen molar-refractivity contribution in [1.29, 1.82) is 0 Å². The highest BCUT2D eigenvalue weighted by molar-refractivity contribution is 7.98. The summed E-state index contributed by atoms with van der Waals surface area (Å²) >= 11 is 1.75. The fourth-order valence-electron chi connectivity index (χ4n) is 3.38. The number of para-hydroxylation sites is 1. The van der Waals surface area contributed by atoms with Crippen molar-refractivity contribution in [2.45, 2.75) is 11.4 Å². The minimum atomic E-state index is 0.260. The zero-order valence-corrected chi connectivity index (χ0v) is 16.5. The molecule has 1 aliphatic heterocycles. The fraction of sp³-hybridized carbons (Fsp3) is 0.381. The highest BCUT2D eigenvalue weighted by Crippen LogP contribution is 2.16. The Morgan fingerprint density at radius 1 is 1.00 bits per heavy atom. The minimum Gasteiger partial charge on any atom is -0.368 e. The Kier molecular flexibility index (Phi) is 6.58. The summed E-state index contributed by atoms with van der Waals surface area (Å²) in [6.07, 6.45) is 2.09. The standard InChI is InChI=1S/C21H27N3OS/c1-22(16-18-8-10-20(26-2)11-9-18)17-21(25)24-14-12-23(13-15-24)19-6-4-3-5-7-19/h3-11H,12-17H2,1-2H3/p+1. The maximum absolute atomic E-state index is 12.6. The van der Waals surface area contributed by atoms with Crippen LogP contribution in [0.4, 0.5) is 5.69 Å². The quantitative estimate of drug-likeness (QED) is 0.786. The molecule has 3 rings (SSSR count). The predicted octanol–water partition coefficient (Wildman–Crippen LogP) is 1.77. The van der Waals surface area contributed by atoms with Gasteiger partial charge in [-0.2, -0.15) is 0 Å². The predicted molar refractivity (Wildman–Crippen MR) is 109 cm³/mol. The second kappa shape index (κ2) is 9.10. The molecular formula is C21H28N3OS+. The van der Waals surface area contributed by atoms with E-state index < -0.39 is 0 Å². The van der Waals surface area contributed by atoms with E-state index in [1.165, 1.54) is 21.0 Å². The average molecular weight is 371 g/mol. The monoisotopic (exact) mass is 370 g/mol. The molecule has 0 spiro atoms. The first-order chi connectivity index (χ1) is 12.7. The first-order valence-corrected chi connectivity index (χ1v) is 10.4. The molecule has 1 unspecified atom stereocenters. The van der Waals surface area contributed by atoms with Gasteiger partial charge in [-0.3, -0.25) is 4.79 Å². The lowest BCUT2D eigenvalue weighted by Crippen LogP contribution is -3.09. The highest BCUT2D eigenvalue weighted by atomic mass is 32.2. The van der Waals surface area contributed by atoms with Gasteiger partial charge in [0.05, 0.1) is 7.05 Å². The molecule has 0 aliphatic carbocycles. The molecule has 0 bridgehead atoms. The van der Waals surface area contributed by atoms with E-state index in [-0.39, 0.29) is 5.91 Å². The third-order valence-electron chi connectivity index (χ3n) is 4.87. The number of thioether (sulfide) groups is 1. The zero-order valence-electron chi connectivity index (χ0n) is 15.6. The molecule has 1 heterocycles. The third kappa shape index (κ3) is 5.02. The molecule has 1 N–H and O–H groups in total. The van der Waals surface area contributed by atoms with Crippen LogP contribution in [0, 0.1) is 0 Å². The number of amides is 1. The molecule has 1 saturated heterocycles. The first-order valence-electron chi connectivity index (χ1n) is 9.17. The molecule has 138 valence electrons. The normalized spacial score (nSPS) is 15.8. The van der Waals surface area contributed by atoms with Crippen LogP contribution in [0.5, 0.6) is 0 Å². The molecule has 0 radical (unpaired) electrons. The molecule has 2 aromatic rings. The molecule has 2 aromatic carbocycles. The lowest BCUT2D eigenvalue weighted by atomic mass is 10.2. The van der Waals surface area contributed by atoms with E-state index in [0.717, 1.165) is 32.7 Å². The highest BCUT2D eigenvalue weighted by Gasteiger charge is 2.23. The van der Waals surface area contributed by atoms with E-state index in [1.54, 1.807) is 11.8 Å². The van der Waals surface area contributed by atoms with Crippen LogP contribution < -0.4 is 9.80 Å². The molecular weight excluding hydrogens is 342 g/mol. The van der Waals surface area contributed by atoms with Gasteiger partial charge < -0.3 is 14.7 Å². The molecule has 0 aromatic heterocycles. The number of piperazine rings is 1. The number of nitrogens with one attached hydrogen (secondary N) is 1. The second-order valence-electron chi connectivity index (χ2n) is 6.86. The summed E-state index contributed by atoms with van der Waals surface area (Å²) in [6, 6.07) is 19.1. The third-order valence-corrected chi connectivity index (χ3v) is 5.62. The van der Waals surface area contributed by atoms with Gasteiger partial charge >= 0.3 is 0 Å². The maximum Gasteiger partial charge on any atom is 0.277 e. The zero-order chi connectivity index (χ0) is 18.4. The van der Waals surface area contributed by atoms with Crippen molar-refractivity contribution in [2.24, 2.45) is 0 Å². The molecule has 0 saturated carbocycles. The van der Waals surface area contributed by atoms with Crippen LogP contribution in [-0.4, -0.2) is 56.8 Å². The van der Waals surface area contributed by atoms with Crippen LogP contribution in [0.3, 0.4) is 0 Å². The van der Waals surface area contributed by atoms with E-state index in [9.17, 15) is 4.79 Å². The number of rotatable bonds is 6. The largest absolute Gasteiger partial charge is 0.368 e. The van der Waals surface area contributed by atoms with Crippen LogP contribution in [0.25, 0.3) is 0 Å². The molecule has 1 aliphatic rings. The van der Waals surface area contributed by atoms with Crippen LogP contribution in [0.2, 0.25) is 0 Å². The van der Waals surface area contributed by atoms with Gasteiger partial charge in [0.25, 0.3) is 5.91 Å². The molecule has 1 fully saturated rings. The van der Waals surface area contributed by atoms with Crippen molar-refractivity contribution in [3.05, 3.63) is 60.2 Å². The Morgan fingerprint density at radius 3 is 2.27 bits per heavy atom. The van der Waals surface area contributed by atoms with Gasteiger partial charge in [-0.25, -0.2) is 0 Å². The van der Waals surface area contributed by atoms with Gasteiger partial charge in [0.15, 0.2) is 6.54 Å². The number of nitrogens with zero attached hydrogens (tertiary/aromatic N) is 2. The number of hydrogen-bond acceptors (Lipinski definition) is 3. The van der Waals surface area contributed by atoms with Crippen LogP contribution >= 0.6 is 11.8 Å². The van der Waals surface area contributed by atoms with E-state index in [4.69, 9.17) is 0 Å². The molecule has 1 atom stereocenters. The molecule has 1 amide bonds. The topological polar surface area (TPSA) is 28.0 Å². The lowest BCUT2D eigenvalue weighted by molar-refractivity contribution is -0.885. The molecule has 5 heteroatoms. The Labute approximate surface area is 160 Å². The van der Waals surface area contributed by atoms with Crippen molar-refractivity contribution in [3.8, 4) is 0 Å². The van der Waals surface area contributed by atoms with Crippen molar-refractivity contribution >= 4 is 23.4 Å². The van der Waals surface area contributed by atoms with E-state index in [1.807, 2.05) is 11.0 Å². The first kappa shape index (κ1) is 18.8. The average Bonchev–Trinajstić information content (AvgIpc) is 2.69. The van der Waals surface area contributed by atoms with E-state index in [0.29, 0.717) is 6.54 Å². The second-order valence-corrected chi connectivity index (χ2v) is 7.74. The van der Waals surface area contributed by atoms with Crippen molar-refractivity contribution in [1.82, 2.24) is 4.90 Å². The van der Waals surface area contributed by atoms with Crippen molar-refractivity contribution < 1.29 is 9.69 Å². The lowest BCUT2D eigenvalue weighted by Gasteiger charge is -2.36. The van der Waals surface area contributed by atoms with Gasteiger partial charge in [-0.15, -0.1) is 11.8 Å². The van der Waals surface area contributed by atoms with Crippen molar-refractivity contribution in [2.75, 3.05) is 50.9 Å². The molecule has 26 heavy (non-hydrogen) atoms. The van der Waals surface area contributed by atoms with Gasteiger partial charge in [0.2, 0.25) is 0 Å². The Hall–Kier alpha value is -1.98. The van der Waals surface area contributed by atoms with E-state index in [2.05, 4.69) is 66.7 Å². The van der Waals surface area contributed by atoms with Crippen LogP contribution in [-0.2, 0) is 11.3 Å². The van der Waals surface area contributed by atoms with Gasteiger partial charge in [0.1, 0.15) is 6.54 Å². The summed E-state index contributed by atoms with van der Waals surface area (Å²) in [6.45, 7) is 4.86. The summed E-state index contributed by atoms with van der Waals surface area (Å²) in [5.74, 6) is 0.260. The number of benzene rings is 2. The summed E-state index contributed by atoms with van der Waals surface area (Å²) < 4.78 is 0. The summed E-state index contributed by atoms with van der Waals surface area (Å²) in [7, 11) is 2.10. The number of carbonyl (C=O) groups is 1. The Balaban J connectivity index is 1.46. The SMILES string of the molecule is CSc1ccc(C[NH+](C)CC(=O)N2CCN(c3ccccc3)CC2)cc1. The minimum absolute atomic E-state index is 0.260. The number of anilines is 1. The van der Waals surface area contributed by atoms with Gasteiger partial charge in [-0.1, -0.05) is 30.3 Å². The van der Waals surface area contributed by atoms with Crippen LogP contribution in [0.15, 0.2) is 59.5 Å². The maximum atomic E-state index is 12.6. The Morgan fingerprint density at radius 2 is 1.65 bits per heavy atom. The summed E-state index contributed by atoms with van der Waals surface area (Å²) in [4.78, 5) is 19.5. The van der Waals surface area contributed by atoms with Gasteiger partial charge in [0, 0.05) is 42.3 Å². The summed E-state index contributed by atoms with van der Waals surface area (Å²) in [5, 5.41) is 0. The number of likely N-dealkylation sites (N-methyl/N-ethyl adjacent to an activating group) is 1. The van der Waals surface area contributed by atoms with E-state index >= 15 is 0 Å². The molecule has 4 nitrogen and oxygen atoms in total. The summed E-state index contributed by atoms with van der Waals surface area (Å²) in [5.41, 5.74) is 2.53. The number of quaternary nitrogens is 1. The fourth-order valence-corrected chi connectivity index (χ4v) is 3.79. The number of hydrogen-bond donors (Lipinski definition) is 1.